The van der Waals surface area contributed by atoms with Crippen LogP contribution in [0, 0.1) is 11.6 Å². The fraction of sp³-hybridized carbons (Fsp3) is 0.263. The monoisotopic (exact) mass is 361 g/mol. The Morgan fingerprint density at radius 1 is 0.962 bits per heavy atom. The van der Waals surface area contributed by atoms with Crippen LogP contribution in [0.3, 0.4) is 0 Å². The highest BCUT2D eigenvalue weighted by molar-refractivity contribution is 5.99. The maximum Gasteiger partial charge on any atom is 0.251 e. The lowest BCUT2D eigenvalue weighted by molar-refractivity contribution is -0.115. The fourth-order valence-electron chi connectivity index (χ4n) is 2.50. The van der Waals surface area contributed by atoms with Crippen molar-refractivity contribution in [2.75, 3.05) is 29.9 Å². The Balaban J connectivity index is 1.89. The summed E-state index contributed by atoms with van der Waals surface area (Å²) in [6, 6.07) is 9.83. The van der Waals surface area contributed by atoms with Gasteiger partial charge in [0.1, 0.15) is 11.6 Å². The minimum Gasteiger partial charge on any atom is -0.372 e. The predicted molar refractivity (Wildman–Crippen MR) is 97.3 cm³/mol. The predicted octanol–water partition coefficient (Wildman–Crippen LogP) is 3.18. The van der Waals surface area contributed by atoms with Gasteiger partial charge >= 0.3 is 0 Å². The number of halogens is 2. The van der Waals surface area contributed by atoms with Gasteiger partial charge in [0.2, 0.25) is 5.91 Å². The molecule has 2 aromatic carbocycles. The van der Waals surface area contributed by atoms with Gasteiger partial charge in [-0.1, -0.05) is 0 Å². The van der Waals surface area contributed by atoms with E-state index in [-0.39, 0.29) is 12.1 Å². The second-order valence-electron chi connectivity index (χ2n) is 5.61. The van der Waals surface area contributed by atoms with Crippen LogP contribution in [0.5, 0.6) is 0 Å². The largest absolute Gasteiger partial charge is 0.372 e. The zero-order chi connectivity index (χ0) is 19.1. The summed E-state index contributed by atoms with van der Waals surface area (Å²) in [7, 11) is 0. The smallest absolute Gasteiger partial charge is 0.251 e. The van der Waals surface area contributed by atoms with Gasteiger partial charge in [0, 0.05) is 36.1 Å². The molecule has 0 saturated carbocycles. The first-order chi connectivity index (χ1) is 12.4. The maximum absolute atomic E-state index is 13.1. The van der Waals surface area contributed by atoms with E-state index in [0.29, 0.717) is 11.8 Å². The average Bonchev–Trinajstić information content (AvgIpc) is 2.61. The zero-order valence-corrected chi connectivity index (χ0v) is 14.7. The van der Waals surface area contributed by atoms with Gasteiger partial charge in [-0.2, -0.15) is 0 Å². The van der Waals surface area contributed by atoms with Crippen LogP contribution in [-0.4, -0.2) is 31.4 Å². The summed E-state index contributed by atoms with van der Waals surface area (Å²) in [6.07, 6.45) is 0. The summed E-state index contributed by atoms with van der Waals surface area (Å²) in [4.78, 5) is 26.0. The van der Waals surface area contributed by atoms with E-state index in [1.807, 2.05) is 12.1 Å². The quantitative estimate of drug-likeness (QED) is 0.796. The van der Waals surface area contributed by atoms with Crippen LogP contribution in [0.2, 0.25) is 0 Å². The fourth-order valence-corrected chi connectivity index (χ4v) is 2.50. The van der Waals surface area contributed by atoms with Gasteiger partial charge in [0.15, 0.2) is 0 Å². The van der Waals surface area contributed by atoms with Crippen LogP contribution in [0.1, 0.15) is 24.2 Å². The third kappa shape index (κ3) is 5.27. The Labute approximate surface area is 151 Å². The van der Waals surface area contributed by atoms with Crippen molar-refractivity contribution in [3.05, 3.63) is 59.7 Å². The Bertz CT molecular complexity index is 755. The average molecular weight is 361 g/mol. The van der Waals surface area contributed by atoms with Gasteiger partial charge in [-0.05, 0) is 50.2 Å². The number of carbonyl (C=O) groups is 2. The minimum atomic E-state index is -0.854. The highest BCUT2D eigenvalue weighted by atomic mass is 19.1. The molecular weight excluding hydrogens is 340 g/mol. The molecule has 0 saturated heterocycles. The van der Waals surface area contributed by atoms with E-state index in [0.717, 1.165) is 30.9 Å². The number of anilines is 2. The molecule has 0 unspecified atom stereocenters. The summed E-state index contributed by atoms with van der Waals surface area (Å²) in [5.41, 5.74) is 1.46. The number of nitrogens with one attached hydrogen (secondary N) is 2. The lowest BCUT2D eigenvalue weighted by atomic mass is 10.2. The van der Waals surface area contributed by atoms with Crippen LogP contribution in [0.15, 0.2) is 42.5 Å². The van der Waals surface area contributed by atoms with Gasteiger partial charge < -0.3 is 15.5 Å². The van der Waals surface area contributed by atoms with Gasteiger partial charge in [0.25, 0.3) is 5.91 Å². The number of amides is 2. The molecule has 7 heteroatoms. The number of rotatable bonds is 7. The number of benzene rings is 2. The van der Waals surface area contributed by atoms with E-state index in [4.69, 9.17) is 0 Å². The van der Waals surface area contributed by atoms with Gasteiger partial charge in [0.05, 0.1) is 6.54 Å². The first-order valence-electron chi connectivity index (χ1n) is 8.32. The first kappa shape index (κ1) is 19.4. The number of carbonyl (C=O) groups excluding carboxylic acids is 2. The highest BCUT2D eigenvalue weighted by Gasteiger charge is 2.11. The summed E-state index contributed by atoms with van der Waals surface area (Å²) in [5, 5.41) is 4.98. The van der Waals surface area contributed by atoms with Crippen LogP contribution in [0.25, 0.3) is 0 Å². The third-order valence-electron chi connectivity index (χ3n) is 3.81. The molecule has 0 aliphatic heterocycles. The normalized spacial score (nSPS) is 10.3. The SMILES string of the molecule is CCN(CC)c1ccc(NC(=O)CNC(=O)c2cc(F)cc(F)c2)cc1. The van der Waals surface area contributed by atoms with Crippen LogP contribution in [0.4, 0.5) is 20.2 Å². The number of hydrogen-bond donors (Lipinski definition) is 2. The molecule has 0 bridgehead atoms. The molecule has 2 aromatic rings. The van der Waals surface area contributed by atoms with E-state index in [1.54, 1.807) is 12.1 Å². The van der Waals surface area contributed by atoms with Gasteiger partial charge in [-0.25, -0.2) is 8.78 Å². The van der Waals surface area contributed by atoms with Gasteiger partial charge in [-0.3, -0.25) is 9.59 Å². The van der Waals surface area contributed by atoms with Crippen molar-refractivity contribution in [3.63, 3.8) is 0 Å². The molecule has 0 fully saturated rings. The number of nitrogens with zero attached hydrogens (tertiary/aromatic N) is 1. The molecule has 2 N–H and O–H groups in total. The first-order valence-corrected chi connectivity index (χ1v) is 8.32. The lowest BCUT2D eigenvalue weighted by Gasteiger charge is -2.21. The molecule has 138 valence electrons. The summed E-state index contributed by atoms with van der Waals surface area (Å²) in [6.45, 7) is 5.58. The topological polar surface area (TPSA) is 61.4 Å². The Kier molecular flexibility index (Phi) is 6.66. The molecule has 0 radical (unpaired) electrons. The highest BCUT2D eigenvalue weighted by Crippen LogP contribution is 2.17. The lowest BCUT2D eigenvalue weighted by Crippen LogP contribution is -2.33. The second-order valence-corrected chi connectivity index (χ2v) is 5.61. The molecule has 0 atom stereocenters. The van der Waals surface area contributed by atoms with Crippen molar-refractivity contribution in [3.8, 4) is 0 Å². The Morgan fingerprint density at radius 2 is 1.54 bits per heavy atom. The molecule has 0 spiro atoms. The number of hydrogen-bond acceptors (Lipinski definition) is 3. The molecule has 26 heavy (non-hydrogen) atoms. The molecule has 0 aromatic heterocycles. The van der Waals surface area contributed by atoms with Crippen LogP contribution in [-0.2, 0) is 4.79 Å². The van der Waals surface area contributed by atoms with Gasteiger partial charge in [-0.15, -0.1) is 0 Å². The summed E-state index contributed by atoms with van der Waals surface area (Å²) >= 11 is 0. The third-order valence-corrected chi connectivity index (χ3v) is 3.81. The minimum absolute atomic E-state index is 0.182. The van der Waals surface area contributed by atoms with Crippen molar-refractivity contribution in [2.24, 2.45) is 0 Å². The Hall–Kier alpha value is -2.96. The van der Waals surface area contributed by atoms with E-state index in [1.165, 1.54) is 0 Å². The van der Waals surface area contributed by atoms with Crippen molar-refractivity contribution in [1.82, 2.24) is 5.32 Å². The standard InChI is InChI=1S/C19H21F2N3O2/c1-3-24(4-2)17-7-5-16(6-8-17)23-18(25)12-22-19(26)13-9-14(20)11-15(21)10-13/h5-11H,3-4,12H2,1-2H3,(H,22,26)(H,23,25). The van der Waals surface area contributed by atoms with Crippen molar-refractivity contribution >= 4 is 23.2 Å². The molecule has 0 aliphatic carbocycles. The van der Waals surface area contributed by atoms with E-state index in [2.05, 4.69) is 29.4 Å². The molecule has 0 aliphatic rings. The van der Waals surface area contributed by atoms with Crippen LogP contribution < -0.4 is 15.5 Å². The summed E-state index contributed by atoms with van der Waals surface area (Å²) in [5.74, 6) is -2.87. The molecule has 5 nitrogen and oxygen atoms in total. The second kappa shape index (κ2) is 8.94. The van der Waals surface area contributed by atoms with Crippen molar-refractivity contribution in [1.29, 1.82) is 0 Å². The van der Waals surface area contributed by atoms with Crippen molar-refractivity contribution in [2.45, 2.75) is 13.8 Å². The van der Waals surface area contributed by atoms with E-state index < -0.39 is 23.4 Å². The van der Waals surface area contributed by atoms with E-state index >= 15 is 0 Å². The zero-order valence-electron chi connectivity index (χ0n) is 14.7. The molecule has 0 heterocycles. The maximum atomic E-state index is 13.1. The molecule has 2 amide bonds. The van der Waals surface area contributed by atoms with Crippen LogP contribution >= 0.6 is 0 Å². The molecule has 2 rings (SSSR count). The molecular formula is C19H21F2N3O2. The summed E-state index contributed by atoms with van der Waals surface area (Å²) < 4.78 is 26.2. The van der Waals surface area contributed by atoms with Crippen molar-refractivity contribution < 1.29 is 18.4 Å². The Morgan fingerprint density at radius 3 is 2.08 bits per heavy atom. The van der Waals surface area contributed by atoms with E-state index in [9.17, 15) is 18.4 Å².